The van der Waals surface area contributed by atoms with Crippen LogP contribution in [0.3, 0.4) is 0 Å². The summed E-state index contributed by atoms with van der Waals surface area (Å²) in [5, 5.41) is 7.98. The monoisotopic (exact) mass is 292 g/mol. The summed E-state index contributed by atoms with van der Waals surface area (Å²) in [6, 6.07) is 0. The van der Waals surface area contributed by atoms with Crippen LogP contribution < -0.4 is 5.32 Å². The average Bonchev–Trinajstić information content (AvgIpc) is 3.10. The summed E-state index contributed by atoms with van der Waals surface area (Å²) in [6.07, 6.45) is 8.06. The highest BCUT2D eigenvalue weighted by atomic mass is 16.5. The molecule has 118 valence electrons. The van der Waals surface area contributed by atoms with E-state index in [9.17, 15) is 0 Å². The highest BCUT2D eigenvalue weighted by Gasteiger charge is 2.51. The van der Waals surface area contributed by atoms with Crippen molar-refractivity contribution in [1.29, 1.82) is 0 Å². The Morgan fingerprint density at radius 2 is 2.29 bits per heavy atom. The van der Waals surface area contributed by atoms with Crippen molar-refractivity contribution >= 4 is 0 Å². The number of hydrogen-bond acceptors (Lipinski definition) is 4. The summed E-state index contributed by atoms with van der Waals surface area (Å²) in [5.41, 5.74) is 0.205. The molecule has 2 atom stereocenters. The largest absolute Gasteiger partial charge is 0.377 e. The number of aryl methyl sites for hydroxylation is 1. The van der Waals surface area contributed by atoms with Crippen LogP contribution in [0.4, 0.5) is 0 Å². The number of nitrogens with zero attached hydrogens (tertiary/aromatic N) is 3. The van der Waals surface area contributed by atoms with E-state index in [-0.39, 0.29) is 5.41 Å². The first-order valence-electron chi connectivity index (χ1n) is 8.48. The topological polar surface area (TPSA) is 52.0 Å². The maximum Gasteiger partial charge on any atom is 0.138 e. The molecule has 5 nitrogen and oxygen atoms in total. The third-order valence-electron chi connectivity index (χ3n) is 4.96. The number of nitrogens with one attached hydrogen (secondary N) is 1. The molecule has 2 aliphatic rings. The number of aromatic nitrogens is 3. The van der Waals surface area contributed by atoms with Crippen LogP contribution in [-0.2, 0) is 17.7 Å². The van der Waals surface area contributed by atoms with Crippen molar-refractivity contribution in [2.75, 3.05) is 19.7 Å². The normalized spacial score (nSPS) is 29.1. The van der Waals surface area contributed by atoms with E-state index in [1.54, 1.807) is 6.33 Å². The lowest BCUT2D eigenvalue weighted by Crippen LogP contribution is -2.44. The Balaban J connectivity index is 1.78. The zero-order valence-electron chi connectivity index (χ0n) is 13.3. The SMILES string of the molecule is CCCNCC1(Cc2ncnn2CC)CCOC1C1CC1. The van der Waals surface area contributed by atoms with Crippen LogP contribution in [0.1, 0.15) is 45.4 Å². The van der Waals surface area contributed by atoms with Crippen molar-refractivity contribution in [3.8, 4) is 0 Å². The minimum atomic E-state index is 0.205. The number of ether oxygens (including phenoxy) is 1. The summed E-state index contributed by atoms with van der Waals surface area (Å²) in [6.45, 7) is 8.26. The fraction of sp³-hybridized carbons (Fsp3) is 0.875. The summed E-state index contributed by atoms with van der Waals surface area (Å²) in [4.78, 5) is 4.51. The van der Waals surface area contributed by atoms with Crippen LogP contribution in [0.15, 0.2) is 6.33 Å². The van der Waals surface area contributed by atoms with E-state index in [1.165, 1.54) is 19.3 Å². The average molecular weight is 292 g/mol. The maximum absolute atomic E-state index is 6.15. The van der Waals surface area contributed by atoms with Gasteiger partial charge < -0.3 is 10.1 Å². The van der Waals surface area contributed by atoms with E-state index < -0.39 is 0 Å². The predicted octanol–water partition coefficient (Wildman–Crippen LogP) is 2.03. The van der Waals surface area contributed by atoms with Crippen LogP contribution in [0, 0.1) is 11.3 Å². The molecule has 2 unspecified atom stereocenters. The highest BCUT2D eigenvalue weighted by Crippen LogP contribution is 2.49. The third-order valence-corrected chi connectivity index (χ3v) is 4.96. The first-order valence-corrected chi connectivity index (χ1v) is 8.48. The van der Waals surface area contributed by atoms with E-state index in [1.807, 2.05) is 4.68 Å². The molecule has 3 rings (SSSR count). The molecule has 1 aromatic heterocycles. The summed E-state index contributed by atoms with van der Waals surface area (Å²) in [5.74, 6) is 1.89. The molecule has 1 aromatic rings. The Morgan fingerprint density at radius 3 is 3.00 bits per heavy atom. The van der Waals surface area contributed by atoms with Gasteiger partial charge in [-0.25, -0.2) is 4.98 Å². The minimum Gasteiger partial charge on any atom is -0.377 e. The fourth-order valence-corrected chi connectivity index (χ4v) is 3.70. The van der Waals surface area contributed by atoms with E-state index in [4.69, 9.17) is 4.74 Å². The zero-order chi connectivity index (χ0) is 14.7. The summed E-state index contributed by atoms with van der Waals surface area (Å²) in [7, 11) is 0. The first-order chi connectivity index (χ1) is 10.3. The van der Waals surface area contributed by atoms with Gasteiger partial charge in [0.05, 0.1) is 6.10 Å². The quantitative estimate of drug-likeness (QED) is 0.745. The molecule has 0 amide bonds. The maximum atomic E-state index is 6.15. The van der Waals surface area contributed by atoms with Gasteiger partial charge in [-0.15, -0.1) is 0 Å². The van der Waals surface area contributed by atoms with Crippen molar-refractivity contribution in [1.82, 2.24) is 20.1 Å². The van der Waals surface area contributed by atoms with Gasteiger partial charge >= 0.3 is 0 Å². The van der Waals surface area contributed by atoms with Crippen LogP contribution in [0.2, 0.25) is 0 Å². The molecule has 2 heterocycles. The Bertz CT molecular complexity index is 457. The molecule has 5 heteroatoms. The minimum absolute atomic E-state index is 0.205. The lowest BCUT2D eigenvalue weighted by atomic mass is 9.75. The second kappa shape index (κ2) is 6.44. The molecular weight excluding hydrogens is 264 g/mol. The Labute approximate surface area is 127 Å². The lowest BCUT2D eigenvalue weighted by Gasteiger charge is -2.34. The van der Waals surface area contributed by atoms with Gasteiger partial charge in [0.1, 0.15) is 12.2 Å². The van der Waals surface area contributed by atoms with Gasteiger partial charge in [0, 0.05) is 31.5 Å². The van der Waals surface area contributed by atoms with Crippen LogP contribution in [-0.4, -0.2) is 40.6 Å². The third kappa shape index (κ3) is 3.14. The molecule has 1 aliphatic heterocycles. The van der Waals surface area contributed by atoms with E-state index >= 15 is 0 Å². The molecular formula is C16H28N4O. The summed E-state index contributed by atoms with van der Waals surface area (Å²) >= 11 is 0. The first kappa shape index (κ1) is 15.0. The van der Waals surface area contributed by atoms with Crippen LogP contribution in [0.25, 0.3) is 0 Å². The second-order valence-corrected chi connectivity index (χ2v) is 6.59. The molecule has 21 heavy (non-hydrogen) atoms. The van der Waals surface area contributed by atoms with Crippen molar-refractivity contribution < 1.29 is 4.74 Å². The number of rotatable bonds is 8. The van der Waals surface area contributed by atoms with Crippen molar-refractivity contribution in [3.05, 3.63) is 12.2 Å². The van der Waals surface area contributed by atoms with E-state index in [2.05, 4.69) is 29.2 Å². The molecule has 0 bridgehead atoms. The van der Waals surface area contributed by atoms with E-state index in [0.29, 0.717) is 6.10 Å². The molecule has 0 aromatic carbocycles. The van der Waals surface area contributed by atoms with Crippen molar-refractivity contribution in [2.45, 2.75) is 58.6 Å². The zero-order valence-corrected chi connectivity index (χ0v) is 13.3. The van der Waals surface area contributed by atoms with Gasteiger partial charge in [-0.1, -0.05) is 6.92 Å². The predicted molar refractivity (Wildman–Crippen MR) is 82.1 cm³/mol. The smallest absolute Gasteiger partial charge is 0.138 e. The highest BCUT2D eigenvalue weighted by molar-refractivity contribution is 5.05. The molecule has 1 saturated carbocycles. The van der Waals surface area contributed by atoms with Crippen LogP contribution >= 0.6 is 0 Å². The molecule has 0 spiro atoms. The van der Waals surface area contributed by atoms with Gasteiger partial charge in [-0.2, -0.15) is 5.10 Å². The van der Waals surface area contributed by atoms with Gasteiger partial charge in [-0.3, -0.25) is 4.68 Å². The summed E-state index contributed by atoms with van der Waals surface area (Å²) < 4.78 is 8.18. The number of hydrogen-bond donors (Lipinski definition) is 1. The molecule has 2 fully saturated rings. The lowest BCUT2D eigenvalue weighted by molar-refractivity contribution is 0.0294. The standard InChI is InChI=1S/C16H28N4O/c1-3-8-17-11-16(7-9-21-15(16)13-5-6-13)10-14-18-12-19-20(14)4-2/h12-13,15,17H,3-11H2,1-2H3. The van der Waals surface area contributed by atoms with Gasteiger partial charge in [0.2, 0.25) is 0 Å². The second-order valence-electron chi connectivity index (χ2n) is 6.59. The Hall–Kier alpha value is -0.940. The van der Waals surface area contributed by atoms with Gasteiger partial charge in [0.15, 0.2) is 0 Å². The molecule has 1 aliphatic carbocycles. The van der Waals surface area contributed by atoms with Crippen LogP contribution in [0.5, 0.6) is 0 Å². The molecule has 1 saturated heterocycles. The van der Waals surface area contributed by atoms with Crippen molar-refractivity contribution in [3.63, 3.8) is 0 Å². The molecule has 1 N–H and O–H groups in total. The fourth-order valence-electron chi connectivity index (χ4n) is 3.70. The van der Waals surface area contributed by atoms with Crippen molar-refractivity contribution in [2.24, 2.45) is 11.3 Å². The Kier molecular flexibility index (Phi) is 4.60. The Morgan fingerprint density at radius 1 is 1.43 bits per heavy atom. The van der Waals surface area contributed by atoms with E-state index in [0.717, 1.165) is 50.8 Å². The molecule has 0 radical (unpaired) electrons. The van der Waals surface area contributed by atoms with Gasteiger partial charge in [0.25, 0.3) is 0 Å². The van der Waals surface area contributed by atoms with Gasteiger partial charge in [-0.05, 0) is 45.1 Å².